The van der Waals surface area contributed by atoms with E-state index in [1.165, 1.54) is 21.3 Å². The van der Waals surface area contributed by atoms with Crippen LogP contribution in [0.5, 0.6) is 11.5 Å². The predicted octanol–water partition coefficient (Wildman–Crippen LogP) is 2.73. The van der Waals surface area contributed by atoms with Gasteiger partial charge in [0.2, 0.25) is 6.54 Å². The first-order chi connectivity index (χ1) is 13.9. The summed E-state index contributed by atoms with van der Waals surface area (Å²) in [4.78, 5) is 35.0. The fourth-order valence-corrected chi connectivity index (χ4v) is 3.63. The average Bonchev–Trinajstić information content (AvgIpc) is 3.22. The third kappa shape index (κ3) is 6.07. The Kier molecular flexibility index (Phi) is 8.23. The molecule has 1 aromatic carbocycles. The van der Waals surface area contributed by atoms with Gasteiger partial charge in [-0.05, 0) is 43.4 Å². The first-order valence-corrected chi connectivity index (χ1v) is 9.50. The maximum atomic E-state index is 12.3. The number of hydrogen-bond donors (Lipinski definition) is 0. The van der Waals surface area contributed by atoms with Gasteiger partial charge in [-0.25, -0.2) is 0 Å². The molecule has 1 aliphatic rings. The van der Waals surface area contributed by atoms with E-state index < -0.39 is 35.2 Å². The Bertz CT molecular complexity index is 729. The number of rotatable bonds is 10. The maximum Gasteiger partial charge on any atom is 0.310 e. The van der Waals surface area contributed by atoms with Crippen LogP contribution in [0, 0.1) is 16.0 Å². The van der Waals surface area contributed by atoms with E-state index in [9.17, 15) is 19.7 Å². The van der Waals surface area contributed by atoms with Crippen LogP contribution >= 0.6 is 0 Å². The van der Waals surface area contributed by atoms with Gasteiger partial charge in [-0.1, -0.05) is 6.07 Å². The number of carbonyl (C=O) groups is 2. The lowest BCUT2D eigenvalue weighted by Crippen LogP contribution is -2.31. The smallest absolute Gasteiger partial charge is 0.310 e. The van der Waals surface area contributed by atoms with Crippen molar-refractivity contribution in [2.75, 3.05) is 27.9 Å². The molecule has 1 aromatic rings. The Morgan fingerprint density at radius 3 is 2.38 bits per heavy atom. The van der Waals surface area contributed by atoms with Crippen LogP contribution in [-0.4, -0.2) is 50.8 Å². The van der Waals surface area contributed by atoms with Crippen LogP contribution < -0.4 is 9.47 Å². The second-order valence-electron chi connectivity index (χ2n) is 6.97. The zero-order valence-corrected chi connectivity index (χ0v) is 16.9. The van der Waals surface area contributed by atoms with Gasteiger partial charge >= 0.3 is 11.9 Å². The molecule has 1 saturated carbocycles. The summed E-state index contributed by atoms with van der Waals surface area (Å²) in [6, 6.07) is 4.94. The molecule has 9 nitrogen and oxygen atoms in total. The van der Waals surface area contributed by atoms with E-state index in [2.05, 4.69) is 4.74 Å². The molecular weight excluding hydrogens is 382 g/mol. The van der Waals surface area contributed by atoms with Crippen LogP contribution in [0.1, 0.15) is 43.6 Å². The molecule has 1 aliphatic carbocycles. The van der Waals surface area contributed by atoms with Gasteiger partial charge in [-0.15, -0.1) is 0 Å². The zero-order chi connectivity index (χ0) is 21.4. The SMILES string of the molecule is COC(=O)C[C@H](C(=O)OC)[C@H](C[N+](=O)[O-])c1ccc(OC)c(OC2CCCC2)c1. The van der Waals surface area contributed by atoms with Crippen molar-refractivity contribution in [2.24, 2.45) is 5.92 Å². The molecule has 0 unspecified atom stereocenters. The van der Waals surface area contributed by atoms with Crippen molar-refractivity contribution >= 4 is 11.9 Å². The van der Waals surface area contributed by atoms with Crippen molar-refractivity contribution < 1.29 is 33.5 Å². The first-order valence-electron chi connectivity index (χ1n) is 9.50. The van der Waals surface area contributed by atoms with Crippen LogP contribution in [0.25, 0.3) is 0 Å². The van der Waals surface area contributed by atoms with Gasteiger partial charge in [0.25, 0.3) is 0 Å². The molecule has 0 saturated heterocycles. The average molecular weight is 409 g/mol. The van der Waals surface area contributed by atoms with Gasteiger partial charge in [0.05, 0.1) is 45.7 Å². The summed E-state index contributed by atoms with van der Waals surface area (Å²) >= 11 is 0. The lowest BCUT2D eigenvalue weighted by molar-refractivity contribution is -0.484. The number of nitro groups is 1. The summed E-state index contributed by atoms with van der Waals surface area (Å²) in [6.45, 7) is -0.550. The predicted molar refractivity (Wildman–Crippen MR) is 103 cm³/mol. The van der Waals surface area contributed by atoms with E-state index in [0.29, 0.717) is 17.1 Å². The molecule has 9 heteroatoms. The summed E-state index contributed by atoms with van der Waals surface area (Å²) in [6.07, 6.45) is 3.75. The second kappa shape index (κ2) is 10.6. The molecule has 2 rings (SSSR count). The van der Waals surface area contributed by atoms with Crippen molar-refractivity contribution in [1.29, 1.82) is 0 Å². The number of ether oxygens (including phenoxy) is 4. The first kappa shape index (κ1) is 22.4. The van der Waals surface area contributed by atoms with E-state index in [0.717, 1.165) is 25.7 Å². The third-order valence-electron chi connectivity index (χ3n) is 5.16. The molecular formula is C20H27NO8. The Morgan fingerprint density at radius 2 is 1.83 bits per heavy atom. The molecule has 2 atom stereocenters. The fourth-order valence-electron chi connectivity index (χ4n) is 3.63. The molecule has 160 valence electrons. The second-order valence-corrected chi connectivity index (χ2v) is 6.97. The van der Waals surface area contributed by atoms with Gasteiger partial charge < -0.3 is 18.9 Å². The van der Waals surface area contributed by atoms with Crippen molar-refractivity contribution in [3.05, 3.63) is 33.9 Å². The van der Waals surface area contributed by atoms with E-state index in [1.807, 2.05) is 0 Å². The van der Waals surface area contributed by atoms with Crippen molar-refractivity contribution in [1.82, 2.24) is 0 Å². The zero-order valence-electron chi connectivity index (χ0n) is 16.9. The maximum absolute atomic E-state index is 12.3. The highest BCUT2D eigenvalue weighted by Gasteiger charge is 2.37. The van der Waals surface area contributed by atoms with Gasteiger partial charge in [0, 0.05) is 4.92 Å². The molecule has 29 heavy (non-hydrogen) atoms. The van der Waals surface area contributed by atoms with Crippen molar-refractivity contribution in [2.45, 2.75) is 44.1 Å². The molecule has 0 aromatic heterocycles. The normalized spacial score (nSPS) is 16.0. The van der Waals surface area contributed by atoms with Gasteiger partial charge in [-0.3, -0.25) is 19.7 Å². The summed E-state index contributed by atoms with van der Waals surface area (Å²) in [7, 11) is 3.89. The van der Waals surface area contributed by atoms with E-state index in [4.69, 9.17) is 14.2 Å². The minimum atomic E-state index is -1.06. The highest BCUT2D eigenvalue weighted by atomic mass is 16.6. The Morgan fingerprint density at radius 1 is 1.14 bits per heavy atom. The lowest BCUT2D eigenvalue weighted by atomic mass is 9.83. The molecule has 0 N–H and O–H groups in total. The van der Waals surface area contributed by atoms with E-state index in [1.54, 1.807) is 18.2 Å². The van der Waals surface area contributed by atoms with Crippen LogP contribution in [-0.2, 0) is 19.1 Å². The van der Waals surface area contributed by atoms with Crippen LogP contribution in [0.3, 0.4) is 0 Å². The quantitative estimate of drug-likeness (QED) is 0.329. The third-order valence-corrected chi connectivity index (χ3v) is 5.16. The molecule has 0 heterocycles. The minimum absolute atomic E-state index is 0.0552. The number of hydrogen-bond acceptors (Lipinski definition) is 8. The van der Waals surface area contributed by atoms with Crippen LogP contribution in [0.4, 0.5) is 0 Å². The molecule has 0 aliphatic heterocycles. The number of benzene rings is 1. The van der Waals surface area contributed by atoms with E-state index in [-0.39, 0.29) is 12.5 Å². The monoisotopic (exact) mass is 409 g/mol. The number of methoxy groups -OCH3 is 3. The lowest BCUT2D eigenvalue weighted by Gasteiger charge is -2.23. The molecule has 1 fully saturated rings. The Labute approximate surface area is 169 Å². The fraction of sp³-hybridized carbons (Fsp3) is 0.600. The Balaban J connectivity index is 2.41. The largest absolute Gasteiger partial charge is 0.493 e. The molecule has 0 bridgehead atoms. The van der Waals surface area contributed by atoms with Crippen LogP contribution in [0.15, 0.2) is 18.2 Å². The van der Waals surface area contributed by atoms with Crippen molar-refractivity contribution in [3.63, 3.8) is 0 Å². The van der Waals surface area contributed by atoms with Gasteiger partial charge in [-0.2, -0.15) is 0 Å². The van der Waals surface area contributed by atoms with Gasteiger partial charge in [0.15, 0.2) is 11.5 Å². The standard InChI is InChI=1S/C20H27NO8/c1-26-17-9-8-13(10-18(17)29-14-6-4-5-7-14)16(12-21(24)25)15(20(23)28-3)11-19(22)27-2/h8-10,14-16H,4-7,11-12H2,1-3H3/t15-,16+/m0/s1. The summed E-state index contributed by atoms with van der Waals surface area (Å²) < 4.78 is 20.9. The molecule has 0 spiro atoms. The van der Waals surface area contributed by atoms with Crippen molar-refractivity contribution in [3.8, 4) is 11.5 Å². The van der Waals surface area contributed by atoms with Crippen LogP contribution in [0.2, 0.25) is 0 Å². The van der Waals surface area contributed by atoms with Gasteiger partial charge in [0.1, 0.15) is 0 Å². The Hall–Kier alpha value is -2.84. The summed E-state index contributed by atoms with van der Waals surface area (Å²) in [5.41, 5.74) is 0.495. The highest BCUT2D eigenvalue weighted by molar-refractivity contribution is 5.80. The number of esters is 2. The number of nitrogens with zero attached hydrogens (tertiary/aromatic N) is 1. The highest BCUT2D eigenvalue weighted by Crippen LogP contribution is 2.37. The summed E-state index contributed by atoms with van der Waals surface area (Å²) in [5.74, 6) is -2.35. The number of carbonyl (C=O) groups excluding carboxylic acids is 2. The molecule has 0 radical (unpaired) electrons. The topological polar surface area (TPSA) is 114 Å². The minimum Gasteiger partial charge on any atom is -0.493 e. The molecule has 0 amide bonds. The summed E-state index contributed by atoms with van der Waals surface area (Å²) in [5, 5.41) is 11.3. The van der Waals surface area contributed by atoms with E-state index >= 15 is 0 Å².